The maximum atomic E-state index is 13.6. The molecule has 2 aromatic rings. The summed E-state index contributed by atoms with van der Waals surface area (Å²) in [6.45, 7) is 5.65. The van der Waals surface area contributed by atoms with Crippen molar-refractivity contribution in [3.05, 3.63) is 84.2 Å². The van der Waals surface area contributed by atoms with E-state index in [2.05, 4.69) is 11.7 Å². The van der Waals surface area contributed by atoms with Crippen LogP contribution in [0.1, 0.15) is 17.5 Å². The Morgan fingerprint density at radius 2 is 2.10 bits per heavy atom. The molecule has 3 rings (SSSR count). The molecule has 5 nitrogen and oxygen atoms in total. The molecule has 0 aromatic heterocycles. The van der Waals surface area contributed by atoms with Crippen LogP contribution in [0.4, 0.5) is 4.39 Å². The summed E-state index contributed by atoms with van der Waals surface area (Å²) in [7, 11) is 0. The lowest BCUT2D eigenvalue weighted by Gasteiger charge is -2.27. The van der Waals surface area contributed by atoms with Gasteiger partial charge in [0.2, 0.25) is 0 Å². The number of halogens is 1. The molecule has 0 saturated heterocycles. The largest absolute Gasteiger partial charge is 0.390 e. The number of rotatable bonds is 11. The highest BCUT2D eigenvalue weighted by Crippen LogP contribution is 2.19. The Balaban J connectivity index is 1.61. The summed E-state index contributed by atoms with van der Waals surface area (Å²) in [5.41, 5.74) is 2.80. The normalized spacial score (nSPS) is 17.1. The minimum absolute atomic E-state index is 0.125. The average molecular weight is 398 g/mol. The molecule has 1 aliphatic heterocycles. The zero-order valence-electron chi connectivity index (χ0n) is 16.4. The van der Waals surface area contributed by atoms with E-state index in [0.29, 0.717) is 32.7 Å². The van der Waals surface area contributed by atoms with Crippen molar-refractivity contribution in [1.29, 1.82) is 0 Å². The fourth-order valence-corrected chi connectivity index (χ4v) is 3.35. The van der Waals surface area contributed by atoms with E-state index in [0.717, 1.165) is 16.8 Å². The molecule has 0 radical (unpaired) electrons. The van der Waals surface area contributed by atoms with Crippen LogP contribution in [0.3, 0.4) is 0 Å². The summed E-state index contributed by atoms with van der Waals surface area (Å²) in [4.78, 5) is 7.68. The molecular weight excluding hydrogens is 371 g/mol. The Hall–Kier alpha value is -2.54. The zero-order valence-corrected chi connectivity index (χ0v) is 16.4. The predicted molar refractivity (Wildman–Crippen MR) is 111 cm³/mol. The molecule has 6 heteroatoms. The van der Waals surface area contributed by atoms with Crippen LogP contribution in [0.2, 0.25) is 0 Å². The van der Waals surface area contributed by atoms with Gasteiger partial charge in [-0.3, -0.25) is 4.90 Å². The summed E-state index contributed by atoms with van der Waals surface area (Å²) in [5.74, 6) is -0.274. The third kappa shape index (κ3) is 6.78. The van der Waals surface area contributed by atoms with Gasteiger partial charge in [0, 0.05) is 26.1 Å². The Morgan fingerprint density at radius 3 is 2.86 bits per heavy atom. The number of aliphatic hydroxyl groups is 1. The summed E-state index contributed by atoms with van der Waals surface area (Å²) >= 11 is 0. The summed E-state index contributed by atoms with van der Waals surface area (Å²) in [6, 6.07) is 16.4. The summed E-state index contributed by atoms with van der Waals surface area (Å²) in [5, 5.41) is 14.6. The van der Waals surface area contributed by atoms with E-state index in [1.54, 1.807) is 12.1 Å². The molecule has 0 fully saturated rings. The quantitative estimate of drug-likeness (QED) is 0.466. The maximum absolute atomic E-state index is 13.6. The van der Waals surface area contributed by atoms with Gasteiger partial charge in [0.25, 0.3) is 0 Å². The number of hydrogen-bond donors (Lipinski definition) is 1. The Labute approximate surface area is 171 Å². The summed E-state index contributed by atoms with van der Waals surface area (Å²) in [6.07, 6.45) is 1.54. The number of oxime groups is 1. The van der Waals surface area contributed by atoms with E-state index in [-0.39, 0.29) is 18.5 Å². The van der Waals surface area contributed by atoms with E-state index in [1.807, 2.05) is 41.3 Å². The Kier molecular flexibility index (Phi) is 7.93. The lowest BCUT2D eigenvalue weighted by molar-refractivity contribution is 0.00334. The fraction of sp³-hybridized carbons (Fsp3) is 0.348. The highest BCUT2D eigenvalue weighted by Gasteiger charge is 2.25. The number of aliphatic hydroxyl groups excluding tert-OH is 1. The second-order valence-corrected chi connectivity index (χ2v) is 7.14. The second-order valence-electron chi connectivity index (χ2n) is 7.14. The van der Waals surface area contributed by atoms with Gasteiger partial charge in [0.15, 0.2) is 0 Å². The van der Waals surface area contributed by atoms with Gasteiger partial charge in [-0.2, -0.15) is 0 Å². The van der Waals surface area contributed by atoms with E-state index < -0.39 is 6.10 Å². The van der Waals surface area contributed by atoms with E-state index in [9.17, 15) is 9.50 Å². The highest BCUT2D eigenvalue weighted by molar-refractivity contribution is 6.01. The van der Waals surface area contributed by atoms with Crippen LogP contribution in [0.5, 0.6) is 0 Å². The van der Waals surface area contributed by atoms with Crippen LogP contribution >= 0.6 is 0 Å². The molecule has 2 aromatic carbocycles. The van der Waals surface area contributed by atoms with E-state index >= 15 is 0 Å². The van der Waals surface area contributed by atoms with Crippen LogP contribution < -0.4 is 0 Å². The van der Waals surface area contributed by atoms with Crippen molar-refractivity contribution in [1.82, 2.24) is 4.90 Å². The zero-order chi connectivity index (χ0) is 20.5. The molecule has 1 N–H and O–H groups in total. The van der Waals surface area contributed by atoms with Crippen LogP contribution in [-0.2, 0) is 16.1 Å². The first-order valence-corrected chi connectivity index (χ1v) is 9.75. The molecule has 2 atom stereocenters. The number of ether oxygens (including phenoxy) is 1. The molecule has 0 amide bonds. The first kappa shape index (κ1) is 21.2. The first-order chi connectivity index (χ1) is 14.1. The molecule has 0 spiro atoms. The van der Waals surface area contributed by atoms with Crippen LogP contribution in [0, 0.1) is 5.82 Å². The van der Waals surface area contributed by atoms with E-state index in [1.165, 1.54) is 12.1 Å². The molecular formula is C23H27FN2O3. The number of hydrogen-bond acceptors (Lipinski definition) is 5. The lowest BCUT2D eigenvalue weighted by atomic mass is 10.0. The average Bonchev–Trinajstić information content (AvgIpc) is 3.17. The Morgan fingerprint density at radius 1 is 1.28 bits per heavy atom. The van der Waals surface area contributed by atoms with Crippen molar-refractivity contribution < 1.29 is 19.1 Å². The van der Waals surface area contributed by atoms with Crippen molar-refractivity contribution in [2.24, 2.45) is 5.16 Å². The molecule has 154 valence electrons. The van der Waals surface area contributed by atoms with Gasteiger partial charge in [0.1, 0.15) is 11.9 Å². The standard InChI is InChI=1S/C23H27FN2O3/c1-2-11-28-17-21(27)15-26(14-18-7-6-10-20(24)12-18)16-22-13-23(25-29-22)19-8-4-3-5-9-19/h2-10,12,21-22,27H,1,11,13-17H2/t21-,22+/m1/s1. The van der Waals surface area contributed by atoms with Gasteiger partial charge in [-0.15, -0.1) is 6.58 Å². The van der Waals surface area contributed by atoms with E-state index in [4.69, 9.17) is 9.57 Å². The third-order valence-electron chi connectivity index (χ3n) is 4.61. The highest BCUT2D eigenvalue weighted by atomic mass is 19.1. The first-order valence-electron chi connectivity index (χ1n) is 9.75. The van der Waals surface area contributed by atoms with Crippen LogP contribution in [0.15, 0.2) is 72.4 Å². The van der Waals surface area contributed by atoms with Crippen molar-refractivity contribution in [2.45, 2.75) is 25.2 Å². The molecule has 0 saturated carbocycles. The SMILES string of the molecule is C=CCOC[C@H](O)CN(Cc1cccc(F)c1)C[C@@H]1CC(c2ccccc2)=NO1. The fourth-order valence-electron chi connectivity index (χ4n) is 3.35. The van der Waals surface area contributed by atoms with Gasteiger partial charge in [-0.05, 0) is 23.3 Å². The molecule has 0 bridgehead atoms. The van der Waals surface area contributed by atoms with Crippen molar-refractivity contribution in [2.75, 3.05) is 26.3 Å². The molecule has 0 unspecified atom stereocenters. The number of nitrogens with zero attached hydrogens (tertiary/aromatic N) is 2. The molecule has 1 aliphatic rings. The van der Waals surface area contributed by atoms with Gasteiger partial charge >= 0.3 is 0 Å². The van der Waals surface area contributed by atoms with Crippen LogP contribution in [0.25, 0.3) is 0 Å². The van der Waals surface area contributed by atoms with Crippen molar-refractivity contribution in [3.63, 3.8) is 0 Å². The minimum atomic E-state index is -0.667. The van der Waals surface area contributed by atoms with Crippen molar-refractivity contribution >= 4 is 5.71 Å². The molecule has 1 heterocycles. The topological polar surface area (TPSA) is 54.3 Å². The smallest absolute Gasteiger partial charge is 0.145 e. The predicted octanol–water partition coefficient (Wildman–Crippen LogP) is 3.38. The second kappa shape index (κ2) is 10.9. The summed E-state index contributed by atoms with van der Waals surface area (Å²) < 4.78 is 18.9. The monoisotopic (exact) mass is 398 g/mol. The Bertz CT molecular complexity index is 813. The number of benzene rings is 2. The lowest BCUT2D eigenvalue weighted by Crippen LogP contribution is -2.39. The molecule has 0 aliphatic carbocycles. The maximum Gasteiger partial charge on any atom is 0.145 e. The van der Waals surface area contributed by atoms with Crippen LogP contribution in [-0.4, -0.2) is 54.2 Å². The van der Waals surface area contributed by atoms with Gasteiger partial charge in [-0.1, -0.05) is 53.7 Å². The van der Waals surface area contributed by atoms with Crippen molar-refractivity contribution in [3.8, 4) is 0 Å². The minimum Gasteiger partial charge on any atom is -0.390 e. The molecule has 29 heavy (non-hydrogen) atoms. The third-order valence-corrected chi connectivity index (χ3v) is 4.61. The van der Waals surface area contributed by atoms with Gasteiger partial charge in [0.05, 0.1) is 25.0 Å². The van der Waals surface area contributed by atoms with Gasteiger partial charge in [-0.25, -0.2) is 4.39 Å². The van der Waals surface area contributed by atoms with Gasteiger partial charge < -0.3 is 14.7 Å².